The topological polar surface area (TPSA) is 77.4 Å². The molecule has 0 aliphatic heterocycles. The summed E-state index contributed by atoms with van der Waals surface area (Å²) in [6.45, 7) is 0. The second kappa shape index (κ2) is 5.89. The van der Waals surface area contributed by atoms with Crippen molar-refractivity contribution in [1.29, 1.82) is 0 Å². The first-order valence-corrected chi connectivity index (χ1v) is 7.40. The van der Waals surface area contributed by atoms with E-state index in [1.165, 1.54) is 27.4 Å². The molecule has 0 unspecified atom stereocenters. The van der Waals surface area contributed by atoms with Gasteiger partial charge in [-0.05, 0) is 29.8 Å². The van der Waals surface area contributed by atoms with Crippen LogP contribution < -0.4 is 14.2 Å². The zero-order valence-corrected chi connectivity index (χ0v) is 14.0. The van der Waals surface area contributed by atoms with Crippen molar-refractivity contribution in [2.24, 2.45) is 0 Å². The molecule has 0 saturated heterocycles. The molecule has 0 spiro atoms. The minimum absolute atomic E-state index is 0.0499. The van der Waals surface area contributed by atoms with E-state index in [2.05, 4.69) is 0 Å². The highest BCUT2D eigenvalue weighted by Gasteiger charge is 2.56. The largest absolute Gasteiger partial charge is 0.504 e. The predicted octanol–water partition coefficient (Wildman–Crippen LogP) is 2.36. The molecule has 0 bridgehead atoms. The van der Waals surface area contributed by atoms with Gasteiger partial charge in [-0.15, -0.1) is 0 Å². The summed E-state index contributed by atoms with van der Waals surface area (Å²) in [6, 6.07) is 8.38. The summed E-state index contributed by atoms with van der Waals surface area (Å²) in [4.78, 5) is 0. The minimum Gasteiger partial charge on any atom is -0.504 e. The van der Waals surface area contributed by atoms with Crippen molar-refractivity contribution < 1.29 is 29.2 Å². The lowest BCUT2D eigenvalue weighted by Crippen LogP contribution is -2.46. The molecule has 6 nitrogen and oxygen atoms in total. The molecule has 3 rings (SSSR count). The van der Waals surface area contributed by atoms with Gasteiger partial charge in [0.05, 0.1) is 21.3 Å². The molecule has 2 aromatic carbocycles. The van der Waals surface area contributed by atoms with Gasteiger partial charge in [0.25, 0.3) is 0 Å². The van der Waals surface area contributed by atoms with Crippen molar-refractivity contribution in [3.63, 3.8) is 0 Å². The van der Waals surface area contributed by atoms with Crippen LogP contribution in [0.1, 0.15) is 22.8 Å². The lowest BCUT2D eigenvalue weighted by atomic mass is 9.66. The van der Waals surface area contributed by atoms with Gasteiger partial charge in [0, 0.05) is 18.2 Å². The van der Waals surface area contributed by atoms with Gasteiger partial charge in [0.15, 0.2) is 17.1 Å². The Kier molecular flexibility index (Phi) is 4.03. The van der Waals surface area contributed by atoms with Crippen LogP contribution in [0.15, 0.2) is 30.3 Å². The van der Waals surface area contributed by atoms with E-state index in [-0.39, 0.29) is 11.5 Å². The molecule has 128 valence electrons. The number of benzene rings is 2. The Morgan fingerprint density at radius 2 is 1.71 bits per heavy atom. The first-order valence-electron chi connectivity index (χ1n) is 7.40. The molecule has 2 aromatic rings. The number of aliphatic hydroxyl groups is 1. The molecule has 0 heterocycles. The van der Waals surface area contributed by atoms with E-state index >= 15 is 0 Å². The smallest absolute Gasteiger partial charge is 0.167 e. The van der Waals surface area contributed by atoms with Crippen molar-refractivity contribution in [3.8, 4) is 23.0 Å². The Morgan fingerprint density at radius 1 is 0.958 bits per heavy atom. The summed E-state index contributed by atoms with van der Waals surface area (Å²) in [5.41, 5.74) is 0.157. The van der Waals surface area contributed by atoms with E-state index in [1.807, 2.05) is 0 Å². The summed E-state index contributed by atoms with van der Waals surface area (Å²) in [5, 5.41) is 21.6. The molecule has 0 radical (unpaired) electrons. The van der Waals surface area contributed by atoms with Crippen LogP contribution >= 0.6 is 0 Å². The summed E-state index contributed by atoms with van der Waals surface area (Å²) < 4.78 is 21.5. The zero-order valence-electron chi connectivity index (χ0n) is 14.0. The number of rotatable bonds is 5. The molecule has 24 heavy (non-hydrogen) atoms. The lowest BCUT2D eigenvalue weighted by Gasteiger charge is -2.47. The third-order valence-electron chi connectivity index (χ3n) is 4.47. The highest BCUT2D eigenvalue weighted by molar-refractivity contribution is 5.66. The summed E-state index contributed by atoms with van der Waals surface area (Å²) in [6.07, 6.45) is -0.622. The first-order chi connectivity index (χ1) is 11.5. The lowest BCUT2D eigenvalue weighted by molar-refractivity contribution is -0.105. The number of methoxy groups -OCH3 is 4. The maximum absolute atomic E-state index is 11.5. The first kappa shape index (κ1) is 16.4. The van der Waals surface area contributed by atoms with Crippen LogP contribution in [0.25, 0.3) is 0 Å². The molecule has 2 N–H and O–H groups in total. The zero-order chi connectivity index (χ0) is 17.5. The number of ether oxygens (including phenoxy) is 4. The summed E-state index contributed by atoms with van der Waals surface area (Å²) in [7, 11) is 6.03. The molecule has 0 aromatic heterocycles. The Labute approximate surface area is 140 Å². The number of fused-ring (bicyclic) bond motifs is 1. The number of aromatic hydroxyl groups is 1. The maximum Gasteiger partial charge on any atom is 0.167 e. The van der Waals surface area contributed by atoms with Crippen LogP contribution in [-0.4, -0.2) is 38.7 Å². The molecule has 0 fully saturated rings. The SMILES string of the molecule is COc1ccc(OC)c([C@@]2(O)c3c(ccc(O)c3OC)[C@H]2OC)c1. The van der Waals surface area contributed by atoms with Gasteiger partial charge >= 0.3 is 0 Å². The Hall–Kier alpha value is -2.44. The fraction of sp³-hybridized carbons (Fsp3) is 0.333. The van der Waals surface area contributed by atoms with Crippen molar-refractivity contribution in [2.45, 2.75) is 11.7 Å². The van der Waals surface area contributed by atoms with E-state index in [0.29, 0.717) is 22.6 Å². The second-order valence-corrected chi connectivity index (χ2v) is 5.53. The van der Waals surface area contributed by atoms with Crippen LogP contribution in [0.4, 0.5) is 0 Å². The molecule has 6 heteroatoms. The average Bonchev–Trinajstić information content (AvgIpc) is 2.61. The third-order valence-corrected chi connectivity index (χ3v) is 4.47. The summed E-state index contributed by atoms with van der Waals surface area (Å²) >= 11 is 0. The standard InChI is InChI=1S/C18H20O6/c1-21-10-5-8-14(22-2)12(9-10)18(20)15-11(17(18)24-4)6-7-13(19)16(15)23-3/h5-9,17,19-20H,1-4H3/t17-,18-/m1/s1. The molecule has 1 aliphatic rings. The molecular weight excluding hydrogens is 312 g/mol. The maximum atomic E-state index is 11.5. The average molecular weight is 332 g/mol. The van der Waals surface area contributed by atoms with Crippen LogP contribution in [0.5, 0.6) is 23.0 Å². The Balaban J connectivity index is 2.28. The van der Waals surface area contributed by atoms with Gasteiger partial charge < -0.3 is 29.2 Å². The molecular formula is C18H20O6. The molecule has 1 aliphatic carbocycles. The van der Waals surface area contributed by atoms with E-state index < -0.39 is 11.7 Å². The molecule has 0 saturated carbocycles. The highest BCUT2D eigenvalue weighted by Crippen LogP contribution is 2.61. The van der Waals surface area contributed by atoms with Crippen LogP contribution in [-0.2, 0) is 10.3 Å². The van der Waals surface area contributed by atoms with Crippen LogP contribution in [0.3, 0.4) is 0 Å². The van der Waals surface area contributed by atoms with Crippen molar-refractivity contribution >= 4 is 0 Å². The number of hydrogen-bond donors (Lipinski definition) is 2. The van der Waals surface area contributed by atoms with Gasteiger partial charge in [0.2, 0.25) is 0 Å². The van der Waals surface area contributed by atoms with E-state index in [4.69, 9.17) is 18.9 Å². The quantitative estimate of drug-likeness (QED) is 0.875. The fourth-order valence-electron chi connectivity index (χ4n) is 3.37. The normalized spacial score (nSPS) is 21.6. The second-order valence-electron chi connectivity index (χ2n) is 5.53. The molecule has 0 amide bonds. The van der Waals surface area contributed by atoms with E-state index in [9.17, 15) is 10.2 Å². The monoisotopic (exact) mass is 332 g/mol. The fourth-order valence-corrected chi connectivity index (χ4v) is 3.37. The van der Waals surface area contributed by atoms with E-state index in [0.717, 1.165) is 5.56 Å². The van der Waals surface area contributed by atoms with Gasteiger partial charge in [-0.1, -0.05) is 6.07 Å². The number of phenols is 1. The highest BCUT2D eigenvalue weighted by atomic mass is 16.5. The number of hydrogen-bond acceptors (Lipinski definition) is 6. The number of phenolic OH excluding ortho intramolecular Hbond substituents is 1. The van der Waals surface area contributed by atoms with Crippen molar-refractivity contribution in [2.75, 3.05) is 28.4 Å². The van der Waals surface area contributed by atoms with Gasteiger partial charge in [0.1, 0.15) is 17.6 Å². The Morgan fingerprint density at radius 3 is 2.29 bits per heavy atom. The molecule has 2 atom stereocenters. The van der Waals surface area contributed by atoms with Gasteiger partial charge in [-0.2, -0.15) is 0 Å². The van der Waals surface area contributed by atoms with E-state index in [1.54, 1.807) is 31.4 Å². The van der Waals surface area contributed by atoms with Crippen LogP contribution in [0.2, 0.25) is 0 Å². The van der Waals surface area contributed by atoms with Gasteiger partial charge in [-0.25, -0.2) is 0 Å². The Bertz CT molecular complexity index is 772. The van der Waals surface area contributed by atoms with Gasteiger partial charge in [-0.3, -0.25) is 0 Å². The van der Waals surface area contributed by atoms with Crippen molar-refractivity contribution in [1.82, 2.24) is 0 Å². The third kappa shape index (κ3) is 2.03. The predicted molar refractivity (Wildman–Crippen MR) is 87.0 cm³/mol. The minimum atomic E-state index is -1.53. The van der Waals surface area contributed by atoms with Crippen molar-refractivity contribution in [3.05, 3.63) is 47.0 Å². The van der Waals surface area contributed by atoms with Crippen LogP contribution in [0, 0.1) is 0 Å². The summed E-state index contributed by atoms with van der Waals surface area (Å²) in [5.74, 6) is 1.22.